The number of rotatable bonds is 6. The van der Waals surface area contributed by atoms with Crippen molar-refractivity contribution in [2.24, 2.45) is 0 Å². The number of aryl methyl sites for hydroxylation is 2. The SMILES string of the molecule is COC[C@@H](C)NC(=O)CCc1c(C)noc1C. The van der Waals surface area contributed by atoms with Gasteiger partial charge >= 0.3 is 0 Å². The highest BCUT2D eigenvalue weighted by Gasteiger charge is 2.12. The molecule has 1 aromatic rings. The Kier molecular flexibility index (Phi) is 5.15. The van der Waals surface area contributed by atoms with Crippen LogP contribution in [0.2, 0.25) is 0 Å². The van der Waals surface area contributed by atoms with Gasteiger partial charge in [0, 0.05) is 25.1 Å². The van der Waals surface area contributed by atoms with Crippen molar-refractivity contribution in [3.8, 4) is 0 Å². The first kappa shape index (κ1) is 13.7. The molecule has 1 amide bonds. The number of amides is 1. The van der Waals surface area contributed by atoms with Crippen LogP contribution in [0.4, 0.5) is 0 Å². The second-order valence-electron chi connectivity index (χ2n) is 4.23. The molecule has 0 aliphatic rings. The quantitative estimate of drug-likeness (QED) is 0.815. The molecule has 1 heterocycles. The van der Waals surface area contributed by atoms with Gasteiger partial charge in [-0.3, -0.25) is 4.79 Å². The maximum atomic E-state index is 11.6. The average Bonchev–Trinajstić information content (AvgIpc) is 2.56. The zero-order valence-electron chi connectivity index (χ0n) is 10.9. The summed E-state index contributed by atoms with van der Waals surface area (Å²) in [6.07, 6.45) is 1.10. The number of hydrogen-bond acceptors (Lipinski definition) is 4. The summed E-state index contributed by atoms with van der Waals surface area (Å²) in [4.78, 5) is 11.6. The minimum atomic E-state index is 0.0227. The maximum absolute atomic E-state index is 11.6. The van der Waals surface area contributed by atoms with Gasteiger partial charge in [-0.2, -0.15) is 0 Å². The zero-order valence-corrected chi connectivity index (χ0v) is 10.9. The Labute approximate surface area is 102 Å². The molecule has 96 valence electrons. The van der Waals surface area contributed by atoms with Gasteiger partial charge in [0.1, 0.15) is 5.76 Å². The van der Waals surface area contributed by atoms with Gasteiger partial charge < -0.3 is 14.6 Å². The second kappa shape index (κ2) is 6.39. The van der Waals surface area contributed by atoms with Crippen LogP contribution < -0.4 is 5.32 Å². The predicted molar refractivity (Wildman–Crippen MR) is 63.8 cm³/mol. The Morgan fingerprint density at radius 1 is 1.53 bits per heavy atom. The minimum absolute atomic E-state index is 0.0227. The van der Waals surface area contributed by atoms with E-state index >= 15 is 0 Å². The normalized spacial score (nSPS) is 12.5. The summed E-state index contributed by atoms with van der Waals surface area (Å²) in [6, 6.07) is 0.0390. The van der Waals surface area contributed by atoms with Crippen LogP contribution in [0, 0.1) is 13.8 Å². The molecule has 0 spiro atoms. The van der Waals surface area contributed by atoms with Crippen LogP contribution in [0.1, 0.15) is 30.4 Å². The number of nitrogens with zero attached hydrogens (tertiary/aromatic N) is 1. The van der Waals surface area contributed by atoms with E-state index in [0.29, 0.717) is 19.4 Å². The fraction of sp³-hybridized carbons (Fsp3) is 0.667. The van der Waals surface area contributed by atoms with Crippen molar-refractivity contribution < 1.29 is 14.1 Å². The standard InChI is InChI=1S/C12H20N2O3/c1-8(7-16-4)13-12(15)6-5-11-9(2)14-17-10(11)3/h8H,5-7H2,1-4H3,(H,13,15)/t8-/m1/s1. The molecule has 0 saturated carbocycles. The van der Waals surface area contributed by atoms with Crippen molar-refractivity contribution in [3.63, 3.8) is 0 Å². The summed E-state index contributed by atoms with van der Waals surface area (Å²) in [6.45, 7) is 6.19. The van der Waals surface area contributed by atoms with Gasteiger partial charge in [-0.25, -0.2) is 0 Å². The fourth-order valence-electron chi connectivity index (χ4n) is 1.74. The Morgan fingerprint density at radius 2 is 2.24 bits per heavy atom. The zero-order chi connectivity index (χ0) is 12.8. The van der Waals surface area contributed by atoms with Crippen LogP contribution in [-0.4, -0.2) is 30.8 Å². The molecule has 0 unspecified atom stereocenters. The largest absolute Gasteiger partial charge is 0.383 e. The molecule has 5 nitrogen and oxygen atoms in total. The third-order valence-electron chi connectivity index (χ3n) is 2.61. The average molecular weight is 240 g/mol. The predicted octanol–water partition coefficient (Wildman–Crippen LogP) is 1.38. The van der Waals surface area contributed by atoms with Crippen molar-refractivity contribution in [2.75, 3.05) is 13.7 Å². The summed E-state index contributed by atoms with van der Waals surface area (Å²) in [5.74, 6) is 0.815. The van der Waals surface area contributed by atoms with Crippen LogP contribution in [0.3, 0.4) is 0 Å². The van der Waals surface area contributed by atoms with E-state index in [1.807, 2.05) is 20.8 Å². The smallest absolute Gasteiger partial charge is 0.220 e. The fourth-order valence-corrected chi connectivity index (χ4v) is 1.74. The lowest BCUT2D eigenvalue weighted by Gasteiger charge is -2.12. The van der Waals surface area contributed by atoms with Crippen molar-refractivity contribution in [2.45, 2.75) is 39.7 Å². The molecule has 1 aromatic heterocycles. The lowest BCUT2D eigenvalue weighted by molar-refractivity contribution is -0.122. The van der Waals surface area contributed by atoms with E-state index in [2.05, 4.69) is 10.5 Å². The monoisotopic (exact) mass is 240 g/mol. The summed E-state index contributed by atoms with van der Waals surface area (Å²) >= 11 is 0. The van der Waals surface area contributed by atoms with Gasteiger partial charge in [-0.15, -0.1) is 0 Å². The molecule has 1 N–H and O–H groups in total. The Morgan fingerprint density at radius 3 is 2.76 bits per heavy atom. The van der Waals surface area contributed by atoms with Crippen molar-refractivity contribution in [1.82, 2.24) is 10.5 Å². The van der Waals surface area contributed by atoms with Crippen LogP contribution >= 0.6 is 0 Å². The van der Waals surface area contributed by atoms with E-state index in [1.165, 1.54) is 0 Å². The van der Waals surface area contributed by atoms with Crippen LogP contribution in [0.15, 0.2) is 4.52 Å². The lowest BCUT2D eigenvalue weighted by atomic mass is 10.1. The van der Waals surface area contributed by atoms with E-state index in [0.717, 1.165) is 17.0 Å². The van der Waals surface area contributed by atoms with E-state index in [-0.39, 0.29) is 11.9 Å². The first-order valence-electron chi connectivity index (χ1n) is 5.74. The third kappa shape index (κ3) is 4.19. The minimum Gasteiger partial charge on any atom is -0.383 e. The Balaban J connectivity index is 2.38. The summed E-state index contributed by atoms with van der Waals surface area (Å²) in [5, 5.41) is 6.72. The van der Waals surface area contributed by atoms with Crippen molar-refractivity contribution in [3.05, 3.63) is 17.0 Å². The Hall–Kier alpha value is -1.36. The van der Waals surface area contributed by atoms with E-state index < -0.39 is 0 Å². The first-order valence-corrected chi connectivity index (χ1v) is 5.74. The maximum Gasteiger partial charge on any atom is 0.220 e. The van der Waals surface area contributed by atoms with Gasteiger partial charge in [-0.1, -0.05) is 5.16 Å². The molecule has 0 fully saturated rings. The number of ether oxygens (including phenoxy) is 1. The van der Waals surface area contributed by atoms with Crippen LogP contribution in [-0.2, 0) is 16.0 Å². The van der Waals surface area contributed by atoms with Gasteiger partial charge in [0.2, 0.25) is 5.91 Å². The summed E-state index contributed by atoms with van der Waals surface area (Å²) in [7, 11) is 1.62. The van der Waals surface area contributed by atoms with Gasteiger partial charge in [-0.05, 0) is 27.2 Å². The summed E-state index contributed by atoms with van der Waals surface area (Å²) < 4.78 is 10.00. The highest BCUT2D eigenvalue weighted by Crippen LogP contribution is 2.14. The highest BCUT2D eigenvalue weighted by molar-refractivity contribution is 5.76. The number of carbonyl (C=O) groups excluding carboxylic acids is 1. The van der Waals surface area contributed by atoms with Crippen molar-refractivity contribution in [1.29, 1.82) is 0 Å². The lowest BCUT2D eigenvalue weighted by Crippen LogP contribution is -2.35. The van der Waals surface area contributed by atoms with E-state index in [1.54, 1.807) is 7.11 Å². The highest BCUT2D eigenvalue weighted by atomic mass is 16.5. The van der Waals surface area contributed by atoms with Crippen LogP contribution in [0.5, 0.6) is 0 Å². The second-order valence-corrected chi connectivity index (χ2v) is 4.23. The molecule has 0 bridgehead atoms. The van der Waals surface area contributed by atoms with Gasteiger partial charge in [0.15, 0.2) is 0 Å². The molecule has 0 aliphatic heterocycles. The van der Waals surface area contributed by atoms with Gasteiger partial charge in [0.25, 0.3) is 0 Å². The Bertz CT molecular complexity index is 354. The number of nitrogens with one attached hydrogen (secondary N) is 1. The topological polar surface area (TPSA) is 64.4 Å². The number of aromatic nitrogens is 1. The molecule has 0 aromatic carbocycles. The molecule has 0 aliphatic carbocycles. The molecular formula is C12H20N2O3. The van der Waals surface area contributed by atoms with E-state index in [9.17, 15) is 4.79 Å². The number of hydrogen-bond donors (Lipinski definition) is 1. The molecule has 0 radical (unpaired) electrons. The number of methoxy groups -OCH3 is 1. The van der Waals surface area contributed by atoms with E-state index in [4.69, 9.17) is 9.26 Å². The number of carbonyl (C=O) groups is 1. The molecule has 1 atom stereocenters. The third-order valence-corrected chi connectivity index (χ3v) is 2.61. The van der Waals surface area contributed by atoms with Gasteiger partial charge in [0.05, 0.1) is 12.3 Å². The first-order chi connectivity index (χ1) is 8.04. The molecular weight excluding hydrogens is 220 g/mol. The van der Waals surface area contributed by atoms with Crippen molar-refractivity contribution >= 4 is 5.91 Å². The molecule has 17 heavy (non-hydrogen) atoms. The summed E-state index contributed by atoms with van der Waals surface area (Å²) in [5.41, 5.74) is 1.89. The molecule has 5 heteroatoms. The molecule has 0 saturated heterocycles. The molecule has 1 rings (SSSR count). The van der Waals surface area contributed by atoms with Crippen LogP contribution in [0.25, 0.3) is 0 Å².